The Kier molecular flexibility index (Phi) is 5.44. The summed E-state index contributed by atoms with van der Waals surface area (Å²) >= 11 is 6.87. The molecule has 3 aromatic carbocycles. The minimum Gasteiger partial charge on any atom is -0.321 e. The Balaban J connectivity index is 2.07. The normalized spacial score (nSPS) is 15.2. The van der Waals surface area contributed by atoms with E-state index in [0.29, 0.717) is 5.56 Å². The smallest absolute Gasteiger partial charge is 0.242 e. The van der Waals surface area contributed by atoms with E-state index in [9.17, 15) is 8.42 Å². The van der Waals surface area contributed by atoms with Crippen LogP contribution in [0.15, 0.2) is 95.9 Å². The number of hydrogen-bond acceptors (Lipinski definition) is 3. The summed E-state index contributed by atoms with van der Waals surface area (Å²) in [6.45, 7) is 0. The zero-order valence-corrected chi connectivity index (χ0v) is 15.5. The third kappa shape index (κ3) is 3.81. The van der Waals surface area contributed by atoms with Gasteiger partial charge in [0.1, 0.15) is 0 Å². The summed E-state index contributed by atoms with van der Waals surface area (Å²) in [7, 11) is -3.88. The first-order valence-corrected chi connectivity index (χ1v) is 9.93. The van der Waals surface area contributed by atoms with Gasteiger partial charge in [0.25, 0.3) is 0 Å². The van der Waals surface area contributed by atoms with Crippen molar-refractivity contribution in [3.05, 3.63) is 102 Å². The van der Waals surface area contributed by atoms with E-state index in [1.807, 2.05) is 36.4 Å². The van der Waals surface area contributed by atoms with Crippen LogP contribution < -0.4 is 10.5 Å². The van der Waals surface area contributed by atoms with E-state index in [1.165, 1.54) is 12.1 Å². The molecule has 134 valence electrons. The number of sulfonamides is 1. The first-order valence-electron chi connectivity index (χ1n) is 8.07. The number of benzene rings is 3. The largest absolute Gasteiger partial charge is 0.321 e. The van der Waals surface area contributed by atoms with Crippen molar-refractivity contribution in [1.29, 1.82) is 0 Å². The van der Waals surface area contributed by atoms with Gasteiger partial charge in [0.05, 0.1) is 10.9 Å². The molecule has 0 heterocycles. The van der Waals surface area contributed by atoms with Crippen molar-refractivity contribution >= 4 is 21.6 Å². The predicted molar refractivity (Wildman–Crippen MR) is 104 cm³/mol. The monoisotopic (exact) mass is 386 g/mol. The Morgan fingerprint density at radius 3 is 1.81 bits per heavy atom. The molecule has 4 nitrogen and oxygen atoms in total. The third-order valence-electron chi connectivity index (χ3n) is 4.12. The first-order chi connectivity index (χ1) is 12.4. The van der Waals surface area contributed by atoms with Gasteiger partial charge in [0.2, 0.25) is 10.0 Å². The molecular weight excluding hydrogens is 368 g/mol. The first kappa shape index (κ1) is 18.6. The van der Waals surface area contributed by atoms with Crippen molar-refractivity contribution in [2.75, 3.05) is 0 Å². The number of nitrogens with two attached hydrogens (primary N) is 1. The minimum atomic E-state index is -3.88. The van der Waals surface area contributed by atoms with E-state index in [4.69, 9.17) is 17.3 Å². The van der Waals surface area contributed by atoms with E-state index < -0.39 is 21.1 Å². The van der Waals surface area contributed by atoms with E-state index in [1.54, 1.807) is 42.5 Å². The molecular formula is C20H19ClN2O2S. The van der Waals surface area contributed by atoms with Crippen LogP contribution in [0, 0.1) is 0 Å². The Labute approximate surface area is 158 Å². The van der Waals surface area contributed by atoms with Crippen molar-refractivity contribution in [2.45, 2.75) is 15.9 Å². The molecule has 0 amide bonds. The van der Waals surface area contributed by atoms with E-state index in [-0.39, 0.29) is 4.90 Å². The van der Waals surface area contributed by atoms with Crippen LogP contribution in [-0.4, -0.2) is 8.42 Å². The fourth-order valence-electron chi connectivity index (χ4n) is 2.73. The van der Waals surface area contributed by atoms with Gasteiger partial charge in [0, 0.05) is 0 Å². The highest BCUT2D eigenvalue weighted by molar-refractivity contribution is 7.89. The summed E-state index contributed by atoms with van der Waals surface area (Å²) in [6, 6.07) is 25.4. The number of hydrogen-bond donors (Lipinski definition) is 2. The Morgan fingerprint density at radius 1 is 0.808 bits per heavy atom. The SMILES string of the molecule is N[C@H](c1ccccc1)[C@](Cl)(NS(=O)(=O)c1ccccc1)c1ccccc1. The molecule has 0 unspecified atom stereocenters. The molecule has 3 rings (SSSR count). The van der Waals surface area contributed by atoms with Crippen LogP contribution in [0.1, 0.15) is 17.2 Å². The molecule has 6 heteroatoms. The lowest BCUT2D eigenvalue weighted by Crippen LogP contribution is -2.48. The van der Waals surface area contributed by atoms with Gasteiger partial charge in [-0.15, -0.1) is 0 Å². The highest BCUT2D eigenvalue weighted by Gasteiger charge is 2.41. The molecule has 0 aliphatic heterocycles. The molecule has 0 aromatic heterocycles. The summed E-state index contributed by atoms with van der Waals surface area (Å²) in [5.41, 5.74) is 7.72. The van der Waals surface area contributed by atoms with Crippen LogP contribution in [0.4, 0.5) is 0 Å². The Bertz CT molecular complexity index is 951. The van der Waals surface area contributed by atoms with Crippen molar-refractivity contribution in [2.24, 2.45) is 5.73 Å². The van der Waals surface area contributed by atoms with Gasteiger partial charge in [-0.1, -0.05) is 90.5 Å². The maximum atomic E-state index is 12.9. The molecule has 3 aromatic rings. The molecule has 0 aliphatic carbocycles. The molecule has 26 heavy (non-hydrogen) atoms. The average molecular weight is 387 g/mol. The number of halogens is 1. The maximum absolute atomic E-state index is 12.9. The lowest BCUT2D eigenvalue weighted by molar-refractivity contribution is 0.452. The molecule has 0 bridgehead atoms. The Morgan fingerprint density at radius 2 is 1.27 bits per heavy atom. The second kappa shape index (κ2) is 7.60. The van der Waals surface area contributed by atoms with Gasteiger partial charge in [0.15, 0.2) is 5.00 Å². The van der Waals surface area contributed by atoms with Crippen LogP contribution in [-0.2, 0) is 15.0 Å². The second-order valence-electron chi connectivity index (χ2n) is 5.88. The lowest BCUT2D eigenvalue weighted by atomic mass is 9.94. The number of rotatable bonds is 6. The van der Waals surface area contributed by atoms with Gasteiger partial charge >= 0.3 is 0 Å². The fourth-order valence-corrected chi connectivity index (χ4v) is 4.55. The topological polar surface area (TPSA) is 72.2 Å². The summed E-state index contributed by atoms with van der Waals surface area (Å²) in [6.07, 6.45) is 0. The quantitative estimate of drug-likeness (QED) is 0.500. The van der Waals surface area contributed by atoms with Gasteiger partial charge in [-0.05, 0) is 23.3 Å². The second-order valence-corrected chi connectivity index (χ2v) is 8.16. The van der Waals surface area contributed by atoms with Crippen LogP contribution in [0.2, 0.25) is 0 Å². The van der Waals surface area contributed by atoms with Crippen LogP contribution in [0.5, 0.6) is 0 Å². The fraction of sp³-hybridized carbons (Fsp3) is 0.100. The van der Waals surface area contributed by atoms with Gasteiger partial charge in [-0.2, -0.15) is 4.72 Å². The van der Waals surface area contributed by atoms with E-state index in [2.05, 4.69) is 4.72 Å². The van der Waals surface area contributed by atoms with Crippen LogP contribution >= 0.6 is 11.6 Å². The number of alkyl halides is 1. The van der Waals surface area contributed by atoms with Crippen LogP contribution in [0.3, 0.4) is 0 Å². The number of nitrogens with one attached hydrogen (secondary N) is 1. The summed E-state index contributed by atoms with van der Waals surface area (Å²) < 4.78 is 28.4. The minimum absolute atomic E-state index is 0.126. The maximum Gasteiger partial charge on any atom is 0.242 e. The lowest BCUT2D eigenvalue weighted by Gasteiger charge is -2.34. The van der Waals surface area contributed by atoms with Crippen molar-refractivity contribution in [1.82, 2.24) is 4.72 Å². The highest BCUT2D eigenvalue weighted by Crippen LogP contribution is 2.38. The molecule has 3 N–H and O–H groups in total. The average Bonchev–Trinajstić information content (AvgIpc) is 2.69. The van der Waals surface area contributed by atoms with Crippen molar-refractivity contribution in [3.63, 3.8) is 0 Å². The zero-order chi connectivity index (χ0) is 18.6. The van der Waals surface area contributed by atoms with E-state index in [0.717, 1.165) is 5.56 Å². The highest BCUT2D eigenvalue weighted by atomic mass is 35.5. The molecule has 0 aliphatic rings. The van der Waals surface area contributed by atoms with Crippen molar-refractivity contribution in [3.8, 4) is 0 Å². The molecule has 0 spiro atoms. The van der Waals surface area contributed by atoms with Gasteiger partial charge in [-0.25, -0.2) is 8.42 Å². The molecule has 2 atom stereocenters. The molecule has 0 saturated heterocycles. The van der Waals surface area contributed by atoms with Gasteiger partial charge in [-0.3, -0.25) is 0 Å². The zero-order valence-electron chi connectivity index (χ0n) is 13.9. The predicted octanol–water partition coefficient (Wildman–Crippen LogP) is 3.76. The molecule has 0 fully saturated rings. The molecule has 0 radical (unpaired) electrons. The standard InChI is InChI=1S/C20H19ClN2O2S/c21-20(17-12-6-2-7-13-17,19(22)16-10-4-1-5-11-16)23-26(24,25)18-14-8-3-9-15-18/h1-15,19,23H,22H2/t19-,20-/m1/s1. The summed E-state index contributed by atoms with van der Waals surface area (Å²) in [5.74, 6) is 0. The molecule has 0 saturated carbocycles. The van der Waals surface area contributed by atoms with Crippen LogP contribution in [0.25, 0.3) is 0 Å². The van der Waals surface area contributed by atoms with Crippen molar-refractivity contribution < 1.29 is 8.42 Å². The van der Waals surface area contributed by atoms with E-state index >= 15 is 0 Å². The Hall–Kier alpha value is -2.18. The summed E-state index contributed by atoms with van der Waals surface area (Å²) in [5, 5.41) is 0. The summed E-state index contributed by atoms with van der Waals surface area (Å²) in [4.78, 5) is -1.42. The third-order valence-corrected chi connectivity index (χ3v) is 6.26. The van der Waals surface area contributed by atoms with Gasteiger partial charge < -0.3 is 5.73 Å².